The molecule has 0 aliphatic heterocycles. The molecule has 0 saturated carbocycles. The average Bonchev–Trinajstić information content (AvgIpc) is 2.54. The van der Waals surface area contributed by atoms with E-state index in [4.69, 9.17) is 0 Å². The zero-order valence-corrected chi connectivity index (χ0v) is 13.6. The van der Waals surface area contributed by atoms with Crippen molar-refractivity contribution in [3.63, 3.8) is 0 Å². The lowest BCUT2D eigenvalue weighted by atomic mass is 9.99. The molecule has 1 aromatic carbocycles. The third kappa shape index (κ3) is 3.22. The van der Waals surface area contributed by atoms with Gasteiger partial charge in [-0.3, -0.25) is 0 Å². The van der Waals surface area contributed by atoms with Crippen molar-refractivity contribution in [3.8, 4) is 0 Å². The van der Waals surface area contributed by atoms with E-state index in [1.807, 2.05) is 0 Å². The first kappa shape index (κ1) is 19.9. The number of alkyl halides is 3. The first-order valence-corrected chi connectivity index (χ1v) is 8.01. The van der Waals surface area contributed by atoms with E-state index in [1.165, 1.54) is 18.2 Å². The molecule has 9 heteroatoms. The Balaban J connectivity index is 3.74. The third-order valence-electron chi connectivity index (χ3n) is 3.24. The Kier molecular flexibility index (Phi) is 5.96. The summed E-state index contributed by atoms with van der Waals surface area (Å²) in [5, 5.41) is 0. The van der Waals surface area contributed by atoms with Crippen LogP contribution in [0.1, 0.15) is 0 Å². The Hall–Kier alpha value is -2.13. The molecule has 0 aliphatic rings. The van der Waals surface area contributed by atoms with Crippen LogP contribution in [-0.2, 0) is 19.6 Å². The zero-order valence-electron chi connectivity index (χ0n) is 12.8. The molecule has 1 atom stereocenters. The molecule has 0 spiro atoms. The molecule has 1 rings (SSSR count). The summed E-state index contributed by atoms with van der Waals surface area (Å²) in [7, 11) is -3.97. The Bertz CT molecular complexity index is 716. The van der Waals surface area contributed by atoms with Gasteiger partial charge >= 0.3 is 12.1 Å². The van der Waals surface area contributed by atoms with Crippen molar-refractivity contribution in [1.82, 2.24) is 4.31 Å². The number of nitrogens with zero attached hydrogens (tertiary/aromatic N) is 1. The number of sulfonamides is 1. The Morgan fingerprint density at radius 3 is 2.17 bits per heavy atom. The second kappa shape index (κ2) is 7.18. The third-order valence-corrected chi connectivity index (χ3v) is 5.13. The fraction of sp³-hybridized carbons (Fsp3) is 0.267. The standard InChI is InChI=1S/C15H16F3NO4S/c1-4-11-19(24(21,22)12-9-7-6-8-10-12)14(5-2,13(20)23-3)15(16,17)18/h4-10H,1-2,11H2,3H3. The smallest absolute Gasteiger partial charge is 0.422 e. The summed E-state index contributed by atoms with van der Waals surface area (Å²) < 4.78 is 70.8. The zero-order chi connectivity index (χ0) is 18.6. The molecule has 132 valence electrons. The van der Waals surface area contributed by atoms with Crippen molar-refractivity contribution >= 4 is 16.0 Å². The van der Waals surface area contributed by atoms with Crippen molar-refractivity contribution in [3.05, 3.63) is 55.6 Å². The Morgan fingerprint density at radius 1 is 1.25 bits per heavy atom. The molecule has 1 unspecified atom stereocenters. The minimum atomic E-state index is -5.30. The van der Waals surface area contributed by atoms with E-state index in [0.29, 0.717) is 0 Å². The number of rotatable bonds is 7. The topological polar surface area (TPSA) is 63.7 Å². The van der Waals surface area contributed by atoms with Gasteiger partial charge in [-0.15, -0.1) is 13.2 Å². The number of esters is 1. The maximum absolute atomic E-state index is 13.7. The summed E-state index contributed by atoms with van der Waals surface area (Å²) >= 11 is 0. The number of carbonyl (C=O) groups is 1. The van der Waals surface area contributed by atoms with Gasteiger partial charge in [0.15, 0.2) is 0 Å². The highest BCUT2D eigenvalue weighted by atomic mass is 32.2. The minimum absolute atomic E-state index is 0.0266. The van der Waals surface area contributed by atoms with Crippen LogP contribution in [0.4, 0.5) is 13.2 Å². The van der Waals surface area contributed by atoms with E-state index in [2.05, 4.69) is 17.9 Å². The maximum Gasteiger partial charge on any atom is 0.422 e. The maximum atomic E-state index is 13.7. The quantitative estimate of drug-likeness (QED) is 0.552. The number of methoxy groups -OCH3 is 1. The highest BCUT2D eigenvalue weighted by Gasteiger charge is 2.66. The number of hydrogen-bond acceptors (Lipinski definition) is 4. The molecule has 24 heavy (non-hydrogen) atoms. The van der Waals surface area contributed by atoms with Crippen molar-refractivity contribution in [1.29, 1.82) is 0 Å². The van der Waals surface area contributed by atoms with Crippen molar-refractivity contribution in [2.24, 2.45) is 0 Å². The van der Waals surface area contributed by atoms with Crippen LogP contribution in [0.15, 0.2) is 60.5 Å². The first-order chi connectivity index (χ1) is 11.1. The van der Waals surface area contributed by atoms with Crippen LogP contribution in [-0.4, -0.2) is 44.1 Å². The summed E-state index contributed by atoms with van der Waals surface area (Å²) in [4.78, 5) is 11.5. The summed E-state index contributed by atoms with van der Waals surface area (Å²) in [6.45, 7) is 5.50. The molecule has 0 saturated heterocycles. The molecule has 0 bridgehead atoms. The molecule has 1 aromatic rings. The monoisotopic (exact) mass is 363 g/mol. The fourth-order valence-corrected chi connectivity index (χ4v) is 3.77. The molecule has 0 amide bonds. The number of carbonyl (C=O) groups excluding carboxylic acids is 1. The second-order valence-electron chi connectivity index (χ2n) is 4.60. The summed E-state index contributed by atoms with van der Waals surface area (Å²) in [6, 6.07) is 6.43. The van der Waals surface area contributed by atoms with E-state index in [9.17, 15) is 26.4 Å². The summed E-state index contributed by atoms with van der Waals surface area (Å²) in [5.74, 6) is -1.81. The Labute approximate surface area is 138 Å². The lowest BCUT2D eigenvalue weighted by Crippen LogP contribution is -2.64. The lowest BCUT2D eigenvalue weighted by Gasteiger charge is -2.38. The van der Waals surface area contributed by atoms with E-state index in [1.54, 1.807) is 0 Å². The summed E-state index contributed by atoms with van der Waals surface area (Å²) in [6.07, 6.45) is -4.15. The van der Waals surface area contributed by atoms with Gasteiger partial charge in [0.2, 0.25) is 15.6 Å². The van der Waals surface area contributed by atoms with Crippen molar-refractivity contribution in [2.45, 2.75) is 16.6 Å². The highest BCUT2D eigenvalue weighted by Crippen LogP contribution is 2.40. The van der Waals surface area contributed by atoms with E-state index in [0.717, 1.165) is 25.3 Å². The van der Waals surface area contributed by atoms with E-state index < -0.39 is 39.1 Å². The van der Waals surface area contributed by atoms with E-state index >= 15 is 0 Å². The van der Waals surface area contributed by atoms with Crippen molar-refractivity contribution < 1.29 is 31.1 Å². The SMILES string of the molecule is C=CCN(C(C=C)(C(=O)OC)C(F)(F)F)S(=O)(=O)c1ccccc1. The van der Waals surface area contributed by atoms with Gasteiger partial charge in [0.1, 0.15) is 0 Å². The molecule has 0 aromatic heterocycles. The van der Waals surface area contributed by atoms with Crippen LogP contribution in [0.5, 0.6) is 0 Å². The lowest BCUT2D eigenvalue weighted by molar-refractivity contribution is -0.213. The molecule has 0 fully saturated rings. The fourth-order valence-electron chi connectivity index (χ4n) is 2.08. The van der Waals surface area contributed by atoms with Crippen LogP contribution in [0.3, 0.4) is 0 Å². The van der Waals surface area contributed by atoms with Crippen LogP contribution >= 0.6 is 0 Å². The van der Waals surface area contributed by atoms with E-state index in [-0.39, 0.29) is 10.4 Å². The first-order valence-electron chi connectivity index (χ1n) is 6.57. The van der Waals surface area contributed by atoms with Crippen LogP contribution in [0.25, 0.3) is 0 Å². The summed E-state index contributed by atoms with van der Waals surface area (Å²) in [5.41, 5.74) is -3.58. The molecule has 0 N–H and O–H groups in total. The molecular weight excluding hydrogens is 347 g/mol. The average molecular weight is 363 g/mol. The minimum Gasteiger partial charge on any atom is -0.467 e. The van der Waals surface area contributed by atoms with Crippen LogP contribution in [0, 0.1) is 0 Å². The number of ether oxygens (including phenoxy) is 1. The van der Waals surface area contributed by atoms with Gasteiger partial charge in [0.25, 0.3) is 0 Å². The molecule has 0 heterocycles. The van der Waals surface area contributed by atoms with Gasteiger partial charge in [0, 0.05) is 6.54 Å². The van der Waals surface area contributed by atoms with Crippen molar-refractivity contribution in [2.75, 3.05) is 13.7 Å². The number of benzene rings is 1. The molecule has 0 radical (unpaired) electrons. The van der Waals surface area contributed by atoms with Gasteiger partial charge in [-0.2, -0.15) is 17.5 Å². The van der Waals surface area contributed by atoms with Gasteiger partial charge in [-0.1, -0.05) is 30.4 Å². The molecule has 5 nitrogen and oxygen atoms in total. The number of hydrogen-bond donors (Lipinski definition) is 0. The second-order valence-corrected chi connectivity index (χ2v) is 6.46. The van der Waals surface area contributed by atoms with Gasteiger partial charge in [0.05, 0.1) is 12.0 Å². The molecular formula is C15H16F3NO4S. The predicted molar refractivity (Wildman–Crippen MR) is 81.5 cm³/mol. The van der Waals surface area contributed by atoms with Crippen LogP contribution in [0.2, 0.25) is 0 Å². The van der Waals surface area contributed by atoms with Gasteiger partial charge in [-0.05, 0) is 12.1 Å². The normalized spacial score (nSPS) is 14.7. The highest BCUT2D eigenvalue weighted by molar-refractivity contribution is 7.89. The largest absolute Gasteiger partial charge is 0.467 e. The number of halogens is 3. The predicted octanol–water partition coefficient (Wildman–Crippen LogP) is 2.52. The van der Waals surface area contributed by atoms with Gasteiger partial charge in [-0.25, -0.2) is 13.2 Å². The van der Waals surface area contributed by atoms with Gasteiger partial charge < -0.3 is 4.74 Å². The van der Waals surface area contributed by atoms with Crippen LogP contribution < -0.4 is 0 Å². The molecule has 0 aliphatic carbocycles. The Morgan fingerprint density at radius 2 is 1.79 bits per heavy atom.